The number of aromatic nitrogens is 2. The van der Waals surface area contributed by atoms with Gasteiger partial charge in [-0.05, 0) is 25.0 Å². The van der Waals surface area contributed by atoms with Gasteiger partial charge in [-0.2, -0.15) is 5.10 Å². The molecule has 20 heavy (non-hydrogen) atoms. The van der Waals surface area contributed by atoms with Crippen LogP contribution >= 0.6 is 0 Å². The minimum atomic E-state index is -0.131. The Bertz CT molecular complexity index is 618. The van der Waals surface area contributed by atoms with Crippen LogP contribution in [0.15, 0.2) is 30.5 Å². The van der Waals surface area contributed by atoms with E-state index >= 15 is 0 Å². The Hall–Kier alpha value is -2.30. The van der Waals surface area contributed by atoms with Gasteiger partial charge in [0.25, 0.3) is 5.91 Å². The standard InChI is InChI=1S/C15H20N4O/c1-4-19(9-12-8-6-5-7-11(12)2)15(20)14-13(16)10-18(3)17-14/h5-8,10H,4,9,16H2,1-3H3. The summed E-state index contributed by atoms with van der Waals surface area (Å²) in [6.45, 7) is 5.18. The number of anilines is 1. The van der Waals surface area contributed by atoms with Crippen molar-refractivity contribution in [2.75, 3.05) is 12.3 Å². The van der Waals surface area contributed by atoms with Crippen molar-refractivity contribution in [3.63, 3.8) is 0 Å². The van der Waals surface area contributed by atoms with Crippen LogP contribution in [0.3, 0.4) is 0 Å². The molecule has 0 spiro atoms. The summed E-state index contributed by atoms with van der Waals surface area (Å²) in [5.74, 6) is -0.131. The predicted molar refractivity (Wildman–Crippen MR) is 79.2 cm³/mol. The molecule has 0 radical (unpaired) electrons. The van der Waals surface area contributed by atoms with Crippen molar-refractivity contribution in [2.45, 2.75) is 20.4 Å². The molecule has 1 aromatic heterocycles. The van der Waals surface area contributed by atoms with Gasteiger partial charge in [0.15, 0.2) is 5.69 Å². The molecular formula is C15H20N4O. The van der Waals surface area contributed by atoms with Crippen molar-refractivity contribution in [1.82, 2.24) is 14.7 Å². The molecule has 0 aliphatic carbocycles. The Morgan fingerprint density at radius 1 is 1.40 bits per heavy atom. The molecule has 2 N–H and O–H groups in total. The van der Waals surface area contributed by atoms with Gasteiger partial charge in [0.2, 0.25) is 0 Å². The van der Waals surface area contributed by atoms with Crippen LogP contribution in [0.4, 0.5) is 5.69 Å². The van der Waals surface area contributed by atoms with E-state index in [1.165, 1.54) is 5.56 Å². The monoisotopic (exact) mass is 272 g/mol. The van der Waals surface area contributed by atoms with Crippen molar-refractivity contribution in [3.05, 3.63) is 47.3 Å². The van der Waals surface area contributed by atoms with Crippen molar-refractivity contribution < 1.29 is 4.79 Å². The molecular weight excluding hydrogens is 252 g/mol. The van der Waals surface area contributed by atoms with Gasteiger partial charge in [0.1, 0.15) is 0 Å². The van der Waals surface area contributed by atoms with Gasteiger partial charge in [-0.3, -0.25) is 9.48 Å². The van der Waals surface area contributed by atoms with E-state index in [0.717, 1.165) is 5.56 Å². The lowest BCUT2D eigenvalue weighted by atomic mass is 10.1. The fourth-order valence-electron chi connectivity index (χ4n) is 2.14. The van der Waals surface area contributed by atoms with E-state index in [4.69, 9.17) is 5.73 Å². The molecule has 1 amide bonds. The average molecular weight is 272 g/mol. The Morgan fingerprint density at radius 3 is 2.65 bits per heavy atom. The van der Waals surface area contributed by atoms with Crippen molar-refractivity contribution in [1.29, 1.82) is 0 Å². The Balaban J connectivity index is 2.22. The molecule has 0 bridgehead atoms. The number of hydrogen-bond donors (Lipinski definition) is 1. The molecule has 0 saturated carbocycles. The van der Waals surface area contributed by atoms with Crippen LogP contribution in [0.1, 0.15) is 28.5 Å². The number of nitrogen functional groups attached to an aromatic ring is 1. The molecule has 5 heteroatoms. The van der Waals surface area contributed by atoms with Crippen LogP contribution in [0.5, 0.6) is 0 Å². The maximum atomic E-state index is 12.5. The van der Waals surface area contributed by atoms with Crippen LogP contribution in [0.25, 0.3) is 0 Å². The van der Waals surface area contributed by atoms with E-state index in [-0.39, 0.29) is 5.91 Å². The number of hydrogen-bond acceptors (Lipinski definition) is 3. The second kappa shape index (κ2) is 5.77. The van der Waals surface area contributed by atoms with E-state index in [1.54, 1.807) is 22.8 Å². The third-order valence-electron chi connectivity index (χ3n) is 3.35. The molecule has 0 aliphatic heterocycles. The smallest absolute Gasteiger partial charge is 0.276 e. The van der Waals surface area contributed by atoms with E-state index in [9.17, 15) is 4.79 Å². The molecule has 2 rings (SSSR count). The first-order valence-electron chi connectivity index (χ1n) is 6.65. The molecule has 1 aromatic carbocycles. The second-order valence-electron chi connectivity index (χ2n) is 4.85. The maximum Gasteiger partial charge on any atom is 0.276 e. The van der Waals surface area contributed by atoms with Crippen molar-refractivity contribution >= 4 is 11.6 Å². The highest BCUT2D eigenvalue weighted by Crippen LogP contribution is 2.15. The SMILES string of the molecule is CCN(Cc1ccccc1C)C(=O)c1nn(C)cc1N. The first-order valence-corrected chi connectivity index (χ1v) is 6.65. The Labute approximate surface area is 119 Å². The normalized spacial score (nSPS) is 10.6. The highest BCUT2D eigenvalue weighted by atomic mass is 16.2. The zero-order chi connectivity index (χ0) is 14.7. The zero-order valence-electron chi connectivity index (χ0n) is 12.1. The summed E-state index contributed by atoms with van der Waals surface area (Å²) in [7, 11) is 1.75. The van der Waals surface area contributed by atoms with Crippen molar-refractivity contribution in [2.24, 2.45) is 7.05 Å². The molecule has 1 heterocycles. The largest absolute Gasteiger partial charge is 0.396 e. The second-order valence-corrected chi connectivity index (χ2v) is 4.85. The summed E-state index contributed by atoms with van der Waals surface area (Å²) in [6, 6.07) is 8.05. The van der Waals surface area contributed by atoms with Gasteiger partial charge < -0.3 is 10.6 Å². The summed E-state index contributed by atoms with van der Waals surface area (Å²) in [5.41, 5.74) is 8.88. The fourth-order valence-corrected chi connectivity index (χ4v) is 2.14. The number of rotatable bonds is 4. The van der Waals surface area contributed by atoms with Gasteiger partial charge in [0, 0.05) is 26.3 Å². The number of amides is 1. The molecule has 5 nitrogen and oxygen atoms in total. The van der Waals surface area contributed by atoms with Crippen molar-refractivity contribution in [3.8, 4) is 0 Å². The third kappa shape index (κ3) is 2.82. The summed E-state index contributed by atoms with van der Waals surface area (Å²) in [5, 5.41) is 4.14. The molecule has 0 atom stereocenters. The average Bonchev–Trinajstić information content (AvgIpc) is 2.76. The highest BCUT2D eigenvalue weighted by molar-refractivity contribution is 5.97. The van der Waals surface area contributed by atoms with E-state index < -0.39 is 0 Å². The lowest BCUT2D eigenvalue weighted by Gasteiger charge is -2.21. The quantitative estimate of drug-likeness (QED) is 0.925. The third-order valence-corrected chi connectivity index (χ3v) is 3.35. The maximum absolute atomic E-state index is 12.5. The number of nitrogens with zero attached hydrogens (tertiary/aromatic N) is 3. The van der Waals surface area contributed by atoms with Crippen LogP contribution in [-0.4, -0.2) is 27.1 Å². The minimum absolute atomic E-state index is 0.131. The molecule has 0 saturated heterocycles. The van der Waals surface area contributed by atoms with E-state index in [1.807, 2.05) is 38.1 Å². The Morgan fingerprint density at radius 2 is 2.10 bits per heavy atom. The van der Waals surface area contributed by atoms with Gasteiger partial charge in [0.05, 0.1) is 5.69 Å². The van der Waals surface area contributed by atoms with Gasteiger partial charge in [-0.1, -0.05) is 24.3 Å². The molecule has 0 unspecified atom stereocenters. The zero-order valence-corrected chi connectivity index (χ0v) is 12.1. The summed E-state index contributed by atoms with van der Waals surface area (Å²) >= 11 is 0. The van der Waals surface area contributed by atoms with Crippen LogP contribution in [-0.2, 0) is 13.6 Å². The van der Waals surface area contributed by atoms with Gasteiger partial charge in [-0.25, -0.2) is 0 Å². The number of benzene rings is 1. The lowest BCUT2D eigenvalue weighted by Crippen LogP contribution is -2.31. The van der Waals surface area contributed by atoms with E-state index in [2.05, 4.69) is 5.10 Å². The lowest BCUT2D eigenvalue weighted by molar-refractivity contribution is 0.0746. The molecule has 0 fully saturated rings. The number of nitrogens with two attached hydrogens (primary N) is 1. The van der Waals surface area contributed by atoms with Crippen LogP contribution < -0.4 is 5.73 Å². The van der Waals surface area contributed by atoms with E-state index in [0.29, 0.717) is 24.5 Å². The first kappa shape index (κ1) is 14.1. The predicted octanol–water partition coefficient (Wildman–Crippen LogP) is 1.97. The summed E-state index contributed by atoms with van der Waals surface area (Å²) in [6.07, 6.45) is 1.65. The molecule has 2 aromatic rings. The van der Waals surface area contributed by atoms with Crippen LogP contribution in [0.2, 0.25) is 0 Å². The first-order chi connectivity index (χ1) is 9.52. The molecule has 0 aliphatic rings. The van der Waals surface area contributed by atoms with Crippen LogP contribution in [0, 0.1) is 6.92 Å². The highest BCUT2D eigenvalue weighted by Gasteiger charge is 2.20. The van der Waals surface area contributed by atoms with Gasteiger partial charge in [-0.15, -0.1) is 0 Å². The summed E-state index contributed by atoms with van der Waals surface area (Å²) in [4.78, 5) is 14.2. The molecule has 106 valence electrons. The summed E-state index contributed by atoms with van der Waals surface area (Å²) < 4.78 is 1.56. The Kier molecular flexibility index (Phi) is 4.08. The number of carbonyl (C=O) groups excluding carboxylic acids is 1. The number of aryl methyl sites for hydroxylation is 2. The minimum Gasteiger partial charge on any atom is -0.396 e. The fraction of sp³-hybridized carbons (Fsp3) is 0.333. The van der Waals surface area contributed by atoms with Gasteiger partial charge >= 0.3 is 0 Å². The number of carbonyl (C=O) groups is 1. The topological polar surface area (TPSA) is 64.2 Å².